The zero-order chi connectivity index (χ0) is 7.21. The van der Waals surface area contributed by atoms with Crippen molar-refractivity contribution in [2.75, 3.05) is 0 Å². The Morgan fingerprint density at radius 3 is 1.00 bits per heavy atom. The van der Waals surface area contributed by atoms with E-state index < -0.39 is 32.0 Å². The van der Waals surface area contributed by atoms with Gasteiger partial charge in [-0.15, -0.1) is 0 Å². The summed E-state index contributed by atoms with van der Waals surface area (Å²) in [5.74, 6) is 0. The molecule has 0 radical (unpaired) electrons. The minimum absolute atomic E-state index is 2.42. The van der Waals surface area contributed by atoms with Gasteiger partial charge in [0.25, 0.3) is 0 Å². The fraction of sp³-hybridized carbons (Fsp3) is 0. The van der Waals surface area contributed by atoms with E-state index >= 15 is 0 Å². The van der Waals surface area contributed by atoms with Gasteiger partial charge in [0.05, 0.1) is 0 Å². The van der Waals surface area contributed by atoms with Gasteiger partial charge < -0.3 is 19.2 Å². The molecule has 0 aromatic heterocycles. The van der Waals surface area contributed by atoms with Crippen molar-refractivity contribution >= 4 is 9.05 Å². The van der Waals surface area contributed by atoms with Crippen LogP contribution in [0.1, 0.15) is 0 Å². The standard InChI is InChI=1S/Hf.H4O4Si.2O/c;1-5(2,3)4;;/h;1-4H;;. The first-order valence-corrected chi connectivity index (χ1v) is 6.02. The molecule has 0 aliphatic rings. The first kappa shape index (κ1) is 11.3. The Hall–Kier alpha value is 0.527. The van der Waals surface area contributed by atoms with Crippen molar-refractivity contribution in [3.8, 4) is 0 Å². The molecule has 0 aromatic carbocycles. The number of hydrogen-bond acceptors (Lipinski definition) is 6. The Bertz CT molecular complexity index is 69.0. The summed E-state index contributed by atoms with van der Waals surface area (Å²) in [4.78, 5) is 29.3. The van der Waals surface area contributed by atoms with E-state index in [-0.39, 0.29) is 0 Å². The molecule has 8 heavy (non-hydrogen) atoms. The Morgan fingerprint density at radius 2 is 1.00 bits per heavy atom. The Kier molecular flexibility index (Phi) is 8.02. The van der Waals surface area contributed by atoms with E-state index in [0.29, 0.717) is 0 Å². The molecule has 0 saturated carbocycles. The van der Waals surface area contributed by atoms with Crippen molar-refractivity contribution in [2.24, 2.45) is 0 Å². The summed E-state index contributed by atoms with van der Waals surface area (Å²) in [6, 6.07) is 0. The van der Waals surface area contributed by atoms with Gasteiger partial charge in [0.15, 0.2) is 0 Å². The molecule has 6 nitrogen and oxygen atoms in total. The Labute approximate surface area is 57.1 Å². The van der Waals surface area contributed by atoms with Gasteiger partial charge in [-0.2, -0.15) is 0 Å². The molecule has 48 valence electrons. The van der Waals surface area contributed by atoms with E-state index in [0.717, 1.165) is 0 Å². The zero-order valence-electron chi connectivity index (χ0n) is 3.61. The normalized spacial score (nSPS) is 8.50. The molecular formula is H4HfO6Si. The maximum absolute atomic E-state index is 8.57. The molecular weight excluding hydrogens is 303 g/mol. The Balaban J connectivity index is 0. The molecule has 0 bridgehead atoms. The SMILES string of the molecule is O[Si](O)(O)O.[O]=[Hf]=[O]. The second-order valence-corrected chi connectivity index (χ2v) is 2.48. The number of rotatable bonds is 0. The van der Waals surface area contributed by atoms with E-state index in [1.807, 2.05) is 0 Å². The third kappa shape index (κ3) is 718. The molecule has 8 heteroatoms. The van der Waals surface area contributed by atoms with Gasteiger partial charge >= 0.3 is 37.7 Å². The average Bonchev–Trinajstić information content (AvgIpc) is 1.27. The van der Waals surface area contributed by atoms with Crippen molar-refractivity contribution in [1.82, 2.24) is 0 Å². The second-order valence-electron chi connectivity index (χ2n) is 0.683. The van der Waals surface area contributed by atoms with Crippen molar-refractivity contribution in [3.63, 3.8) is 0 Å². The first-order chi connectivity index (χ1) is 3.41. The van der Waals surface area contributed by atoms with Crippen LogP contribution in [0.4, 0.5) is 0 Å². The molecule has 0 aliphatic heterocycles. The van der Waals surface area contributed by atoms with Gasteiger partial charge in [0.2, 0.25) is 0 Å². The molecule has 0 spiro atoms. The summed E-state index contributed by atoms with van der Waals surface area (Å²) in [7, 11) is -4.61. The maximum atomic E-state index is 8.57. The molecule has 0 atom stereocenters. The first-order valence-electron chi connectivity index (χ1n) is 1.30. The topological polar surface area (TPSA) is 115 Å². The van der Waals surface area contributed by atoms with Crippen LogP contribution in [0, 0.1) is 0 Å². The molecule has 0 aromatic rings. The zero-order valence-corrected chi connectivity index (χ0v) is 8.20. The van der Waals surface area contributed by atoms with Crippen LogP contribution in [0.2, 0.25) is 0 Å². The van der Waals surface area contributed by atoms with Gasteiger partial charge in [-0.05, 0) is 0 Å². The van der Waals surface area contributed by atoms with Crippen LogP contribution in [-0.2, 0) is 28.6 Å². The van der Waals surface area contributed by atoms with E-state index in [4.69, 9.17) is 24.9 Å². The summed E-state index contributed by atoms with van der Waals surface area (Å²) in [6.45, 7) is 0. The van der Waals surface area contributed by atoms with Crippen molar-refractivity contribution in [2.45, 2.75) is 0 Å². The molecule has 0 amide bonds. The van der Waals surface area contributed by atoms with Crippen molar-refractivity contribution in [1.29, 1.82) is 0 Å². The van der Waals surface area contributed by atoms with Crippen LogP contribution in [-0.4, -0.2) is 28.2 Å². The monoisotopic (exact) mass is 308 g/mol. The predicted molar refractivity (Wildman–Crippen MR) is 16.0 cm³/mol. The van der Waals surface area contributed by atoms with Crippen LogP contribution < -0.4 is 0 Å². The summed E-state index contributed by atoms with van der Waals surface area (Å²) in [5.41, 5.74) is 0. The van der Waals surface area contributed by atoms with E-state index in [2.05, 4.69) is 0 Å². The summed E-state index contributed by atoms with van der Waals surface area (Å²) in [5, 5.41) is 0. The quantitative estimate of drug-likeness (QED) is 0.358. The van der Waals surface area contributed by atoms with Crippen molar-refractivity contribution in [3.05, 3.63) is 0 Å². The fourth-order valence-corrected chi connectivity index (χ4v) is 0. The third-order valence-corrected chi connectivity index (χ3v) is 0. The molecule has 0 heterocycles. The Morgan fingerprint density at radius 1 is 1.00 bits per heavy atom. The van der Waals surface area contributed by atoms with Crippen LogP contribution in [0.5, 0.6) is 0 Å². The van der Waals surface area contributed by atoms with Gasteiger partial charge in [0, 0.05) is 0 Å². The molecule has 0 rings (SSSR count). The van der Waals surface area contributed by atoms with Crippen LogP contribution in [0.15, 0.2) is 0 Å². The third-order valence-electron chi connectivity index (χ3n) is 0. The number of hydrogen-bond donors (Lipinski definition) is 4. The van der Waals surface area contributed by atoms with Gasteiger partial charge in [-0.1, -0.05) is 0 Å². The predicted octanol–water partition coefficient (Wildman–Crippen LogP) is -2.85. The molecule has 0 saturated heterocycles. The van der Waals surface area contributed by atoms with E-state index in [9.17, 15) is 0 Å². The average molecular weight is 307 g/mol. The van der Waals surface area contributed by atoms with Gasteiger partial charge in [0.1, 0.15) is 0 Å². The van der Waals surface area contributed by atoms with Crippen molar-refractivity contribution < 1.29 is 47.8 Å². The van der Waals surface area contributed by atoms with Gasteiger partial charge in [-0.3, -0.25) is 0 Å². The minimum atomic E-state index is -4.61. The molecule has 0 fully saturated rings. The van der Waals surface area contributed by atoms with E-state index in [1.165, 1.54) is 0 Å². The second kappa shape index (κ2) is 5.66. The molecule has 4 N–H and O–H groups in total. The fourth-order valence-electron chi connectivity index (χ4n) is 0. The molecule has 0 aliphatic carbocycles. The summed E-state index contributed by atoms with van der Waals surface area (Å²) >= 11 is -2.42. The van der Waals surface area contributed by atoms with Crippen LogP contribution in [0.3, 0.4) is 0 Å². The summed E-state index contributed by atoms with van der Waals surface area (Å²) in [6.07, 6.45) is 0. The van der Waals surface area contributed by atoms with Crippen LogP contribution in [0.25, 0.3) is 0 Å². The van der Waals surface area contributed by atoms with Crippen LogP contribution >= 0.6 is 0 Å². The van der Waals surface area contributed by atoms with E-state index in [1.54, 1.807) is 0 Å². The van der Waals surface area contributed by atoms with Gasteiger partial charge in [-0.25, -0.2) is 0 Å². The summed E-state index contributed by atoms with van der Waals surface area (Å²) < 4.78 is 17.1. The molecule has 0 unspecified atom stereocenters.